The largest absolute Gasteiger partial charge is 0.355 e. The van der Waals surface area contributed by atoms with Crippen LogP contribution in [0.5, 0.6) is 0 Å². The normalized spacial score (nSPS) is 12.1. The minimum Gasteiger partial charge on any atom is -0.355 e. The number of hydrogen-bond donors (Lipinski definition) is 2. The molecule has 2 N–H and O–H groups in total. The van der Waals surface area contributed by atoms with Crippen LogP contribution in [0.4, 0.5) is 11.4 Å². The van der Waals surface area contributed by atoms with Gasteiger partial charge in [-0.1, -0.05) is 42.0 Å². The Morgan fingerprint density at radius 1 is 0.893 bits per heavy atom. The second-order valence-corrected chi connectivity index (χ2v) is 7.12. The van der Waals surface area contributed by atoms with Crippen LogP contribution in [-0.2, 0) is 0 Å². The number of aryl methyl sites for hydroxylation is 2. The van der Waals surface area contributed by atoms with Gasteiger partial charge < -0.3 is 10.3 Å². The number of hydrogen-bond acceptors (Lipinski definition) is 4. The van der Waals surface area contributed by atoms with Crippen molar-refractivity contribution in [1.29, 1.82) is 0 Å². The topological polar surface area (TPSA) is 74.8 Å². The Kier molecular flexibility index (Phi) is 3.46. The van der Waals surface area contributed by atoms with Crippen LogP contribution in [0.2, 0.25) is 0 Å². The molecule has 0 saturated heterocycles. The van der Waals surface area contributed by atoms with Crippen molar-refractivity contribution in [3.8, 4) is 11.3 Å². The Morgan fingerprint density at radius 2 is 1.64 bits per heavy atom. The molecule has 4 aromatic rings. The number of nitrogens with zero attached hydrogens (tertiary/aromatic N) is 1. The summed E-state index contributed by atoms with van der Waals surface area (Å²) >= 11 is 0. The molecule has 0 aliphatic heterocycles. The van der Waals surface area contributed by atoms with Crippen molar-refractivity contribution >= 4 is 28.1 Å². The van der Waals surface area contributed by atoms with Gasteiger partial charge in [0.25, 0.3) is 0 Å². The van der Waals surface area contributed by atoms with Crippen molar-refractivity contribution in [2.45, 2.75) is 13.8 Å². The van der Waals surface area contributed by atoms with E-state index in [4.69, 9.17) is 0 Å². The first kappa shape index (κ1) is 16.4. The third-order valence-electron chi connectivity index (χ3n) is 5.20. The van der Waals surface area contributed by atoms with E-state index in [9.17, 15) is 9.59 Å². The SMILES string of the molecule is Cc1ccc(Nc2ccc3[nH]c(=O)nc4c3c2C(=O)c2ccccc2-4)c(C)c1. The average Bonchev–Trinajstić information content (AvgIpc) is 2.68. The summed E-state index contributed by atoms with van der Waals surface area (Å²) in [6, 6.07) is 17.1. The summed E-state index contributed by atoms with van der Waals surface area (Å²) in [5.41, 5.74) is 6.44. The van der Waals surface area contributed by atoms with Gasteiger partial charge in [-0.2, -0.15) is 4.98 Å². The molecule has 136 valence electrons. The number of H-pyrrole nitrogens is 1. The van der Waals surface area contributed by atoms with Gasteiger partial charge in [0.1, 0.15) is 0 Å². The van der Waals surface area contributed by atoms with Gasteiger partial charge in [-0.25, -0.2) is 4.79 Å². The number of carbonyl (C=O) groups excluding carboxylic acids is 1. The number of nitrogens with one attached hydrogen (secondary N) is 2. The van der Waals surface area contributed by atoms with E-state index in [1.165, 1.54) is 5.56 Å². The number of carbonyl (C=O) groups is 1. The lowest BCUT2D eigenvalue weighted by Crippen LogP contribution is -2.19. The quantitative estimate of drug-likeness (QED) is 0.482. The molecule has 0 unspecified atom stereocenters. The zero-order valence-electron chi connectivity index (χ0n) is 15.5. The summed E-state index contributed by atoms with van der Waals surface area (Å²) in [7, 11) is 0. The van der Waals surface area contributed by atoms with Gasteiger partial charge in [-0.3, -0.25) is 4.79 Å². The van der Waals surface area contributed by atoms with Crippen LogP contribution in [-0.4, -0.2) is 15.8 Å². The highest BCUT2D eigenvalue weighted by Gasteiger charge is 2.29. The predicted octanol–water partition coefficient (Wildman–Crippen LogP) is 4.49. The minimum absolute atomic E-state index is 0.0742. The van der Waals surface area contributed by atoms with Crippen LogP contribution < -0.4 is 11.0 Å². The maximum atomic E-state index is 13.4. The summed E-state index contributed by atoms with van der Waals surface area (Å²) in [6.45, 7) is 4.08. The highest BCUT2D eigenvalue weighted by molar-refractivity contribution is 6.27. The molecule has 1 aromatic heterocycles. The van der Waals surface area contributed by atoms with Crippen LogP contribution in [0.3, 0.4) is 0 Å². The van der Waals surface area contributed by atoms with Crippen LogP contribution in [0, 0.1) is 13.8 Å². The number of anilines is 2. The summed E-state index contributed by atoms with van der Waals surface area (Å²) in [5, 5.41) is 4.09. The van der Waals surface area contributed by atoms with Gasteiger partial charge in [0, 0.05) is 22.2 Å². The fourth-order valence-electron chi connectivity index (χ4n) is 3.91. The van der Waals surface area contributed by atoms with E-state index >= 15 is 0 Å². The second kappa shape index (κ2) is 5.89. The number of aromatic nitrogens is 2. The van der Waals surface area contributed by atoms with Crippen molar-refractivity contribution in [2.75, 3.05) is 5.32 Å². The molecule has 0 spiro atoms. The van der Waals surface area contributed by atoms with Gasteiger partial charge >= 0.3 is 5.69 Å². The first-order valence-corrected chi connectivity index (χ1v) is 9.08. The fourth-order valence-corrected chi connectivity index (χ4v) is 3.91. The third-order valence-corrected chi connectivity index (χ3v) is 5.20. The maximum absolute atomic E-state index is 13.4. The number of rotatable bonds is 2. The zero-order chi connectivity index (χ0) is 19.4. The van der Waals surface area contributed by atoms with Crippen LogP contribution in [0.25, 0.3) is 22.2 Å². The second-order valence-electron chi connectivity index (χ2n) is 7.12. The van der Waals surface area contributed by atoms with Gasteiger partial charge in [0.2, 0.25) is 0 Å². The smallest absolute Gasteiger partial charge is 0.345 e. The summed E-state index contributed by atoms with van der Waals surface area (Å²) < 4.78 is 0. The van der Waals surface area contributed by atoms with E-state index in [0.29, 0.717) is 39.0 Å². The van der Waals surface area contributed by atoms with Crippen molar-refractivity contribution in [3.63, 3.8) is 0 Å². The first-order valence-electron chi connectivity index (χ1n) is 9.08. The molecule has 5 nitrogen and oxygen atoms in total. The molecule has 0 saturated carbocycles. The summed E-state index contributed by atoms with van der Waals surface area (Å²) in [6.07, 6.45) is 0. The Hall–Kier alpha value is -3.73. The molecule has 0 atom stereocenters. The lowest BCUT2D eigenvalue weighted by molar-refractivity contribution is 0.104. The van der Waals surface area contributed by atoms with E-state index < -0.39 is 5.69 Å². The molecule has 1 aliphatic carbocycles. The predicted molar refractivity (Wildman–Crippen MR) is 110 cm³/mol. The van der Waals surface area contributed by atoms with Crippen LogP contribution in [0.1, 0.15) is 27.0 Å². The molecular weight excluding hydrogens is 350 g/mol. The number of aromatic amines is 1. The zero-order valence-corrected chi connectivity index (χ0v) is 15.5. The number of fused-ring (bicyclic) bond motifs is 2. The average molecular weight is 367 g/mol. The first-order chi connectivity index (χ1) is 13.5. The Bertz CT molecular complexity index is 1350. The maximum Gasteiger partial charge on any atom is 0.345 e. The molecule has 0 bridgehead atoms. The van der Waals surface area contributed by atoms with Crippen molar-refractivity contribution in [3.05, 3.63) is 87.3 Å². The Labute approximate surface area is 161 Å². The van der Waals surface area contributed by atoms with Crippen molar-refractivity contribution in [1.82, 2.24) is 9.97 Å². The molecule has 28 heavy (non-hydrogen) atoms. The Morgan fingerprint density at radius 3 is 2.43 bits per heavy atom. The van der Waals surface area contributed by atoms with Gasteiger partial charge in [0.15, 0.2) is 5.78 Å². The number of benzene rings is 3. The van der Waals surface area contributed by atoms with Crippen molar-refractivity contribution < 1.29 is 4.79 Å². The minimum atomic E-state index is -0.423. The summed E-state index contributed by atoms with van der Waals surface area (Å²) in [5.74, 6) is -0.0742. The molecule has 0 fully saturated rings. The van der Waals surface area contributed by atoms with Crippen LogP contribution in [0.15, 0.2) is 59.4 Å². The highest BCUT2D eigenvalue weighted by Crippen LogP contribution is 2.40. The van der Waals surface area contributed by atoms with Crippen LogP contribution >= 0.6 is 0 Å². The molecular formula is C23H17N3O2. The molecule has 5 heteroatoms. The third kappa shape index (κ3) is 2.36. The Balaban J connectivity index is 1.81. The van der Waals surface area contributed by atoms with E-state index in [0.717, 1.165) is 11.3 Å². The molecule has 0 radical (unpaired) electrons. The standard InChI is InChI=1S/C23H17N3O2/c1-12-7-8-16(13(2)11-12)24-18-10-9-17-19-20(18)22(27)15-6-4-3-5-14(15)21(19)26-23(28)25-17/h3-11,24H,1-2H3,(H,25,26,28). The van der Waals surface area contributed by atoms with E-state index in [-0.39, 0.29) is 5.78 Å². The van der Waals surface area contributed by atoms with E-state index in [1.807, 2.05) is 56.3 Å². The van der Waals surface area contributed by atoms with Gasteiger partial charge in [-0.15, -0.1) is 0 Å². The molecule has 3 aromatic carbocycles. The number of ketones is 1. The van der Waals surface area contributed by atoms with Gasteiger partial charge in [-0.05, 0) is 37.6 Å². The van der Waals surface area contributed by atoms with E-state index in [2.05, 4.69) is 21.4 Å². The summed E-state index contributed by atoms with van der Waals surface area (Å²) in [4.78, 5) is 32.4. The fraction of sp³-hybridized carbons (Fsp3) is 0.0870. The monoisotopic (exact) mass is 367 g/mol. The van der Waals surface area contributed by atoms with Gasteiger partial charge in [0.05, 0.1) is 22.5 Å². The lowest BCUT2D eigenvalue weighted by Gasteiger charge is -2.22. The highest BCUT2D eigenvalue weighted by atomic mass is 16.1. The molecule has 1 heterocycles. The van der Waals surface area contributed by atoms with Crippen molar-refractivity contribution in [2.24, 2.45) is 0 Å². The van der Waals surface area contributed by atoms with E-state index in [1.54, 1.807) is 6.07 Å². The molecule has 5 rings (SSSR count). The molecule has 0 amide bonds. The molecule has 1 aliphatic rings. The lowest BCUT2D eigenvalue weighted by atomic mass is 9.86.